The van der Waals surface area contributed by atoms with Crippen LogP contribution < -0.4 is 4.90 Å². The van der Waals surface area contributed by atoms with E-state index in [-0.39, 0.29) is 11.1 Å². The molecular weight excluding hydrogens is 342 g/mol. The topological polar surface area (TPSA) is 37.4 Å². The summed E-state index contributed by atoms with van der Waals surface area (Å²) >= 11 is 6.80. The third-order valence-corrected chi connectivity index (χ3v) is 4.55. The van der Waals surface area contributed by atoms with E-state index in [4.69, 9.17) is 11.6 Å². The number of hydrogen-bond donors (Lipinski definition) is 0. The minimum absolute atomic E-state index is 0.305. The highest BCUT2D eigenvalue weighted by atomic mass is 35.5. The molecule has 1 heterocycles. The Balaban J connectivity index is 1.85. The van der Waals surface area contributed by atoms with Crippen LogP contribution in [0, 0.1) is 0 Å². The fourth-order valence-corrected chi connectivity index (χ4v) is 3.36. The lowest BCUT2D eigenvalue weighted by Gasteiger charge is -2.12. The van der Waals surface area contributed by atoms with Crippen molar-refractivity contribution in [2.45, 2.75) is 6.92 Å². The summed E-state index contributed by atoms with van der Waals surface area (Å²) in [5.41, 5.74) is 2.47. The number of carbonyl (C=O) groups excluding carboxylic acids is 2. The van der Waals surface area contributed by atoms with Crippen molar-refractivity contribution in [3.05, 3.63) is 81.7 Å². The van der Waals surface area contributed by atoms with E-state index < -0.39 is 0 Å². The summed E-state index contributed by atoms with van der Waals surface area (Å²) in [7, 11) is 0. The number of amides is 2. The van der Waals surface area contributed by atoms with Crippen molar-refractivity contribution in [2.75, 3.05) is 4.90 Å². The molecule has 1 saturated heterocycles. The number of anilines is 1. The Labute approximate surface area is 149 Å². The monoisotopic (exact) mass is 355 g/mol. The number of hydrogen-bond acceptors (Lipinski definition) is 3. The van der Waals surface area contributed by atoms with Crippen LogP contribution in [0.1, 0.15) is 12.5 Å². The van der Waals surface area contributed by atoms with Gasteiger partial charge in [0.2, 0.25) is 0 Å². The van der Waals surface area contributed by atoms with Crippen molar-refractivity contribution in [3.63, 3.8) is 0 Å². The summed E-state index contributed by atoms with van der Waals surface area (Å²) in [5, 5.41) is 0.254. The van der Waals surface area contributed by atoms with Gasteiger partial charge in [-0.15, -0.1) is 0 Å². The maximum atomic E-state index is 12.5. The molecule has 0 aromatic heterocycles. The van der Waals surface area contributed by atoms with E-state index in [9.17, 15) is 9.59 Å². The Hall–Kier alpha value is -2.30. The molecule has 0 spiro atoms. The van der Waals surface area contributed by atoms with Crippen LogP contribution in [0.5, 0.6) is 0 Å². The molecule has 3 nitrogen and oxygen atoms in total. The summed E-state index contributed by atoms with van der Waals surface area (Å²) < 4.78 is 0. The molecule has 0 radical (unpaired) electrons. The first-order valence-corrected chi connectivity index (χ1v) is 8.51. The second-order valence-corrected chi connectivity index (χ2v) is 6.72. The van der Waals surface area contributed by atoms with Crippen LogP contribution in [0.4, 0.5) is 10.5 Å². The van der Waals surface area contributed by atoms with Crippen molar-refractivity contribution in [2.24, 2.45) is 0 Å². The number of allylic oxidation sites excluding steroid dienone is 2. The summed E-state index contributed by atoms with van der Waals surface area (Å²) in [6.45, 7) is 1.91. The van der Waals surface area contributed by atoms with Gasteiger partial charge in [0.25, 0.3) is 11.1 Å². The van der Waals surface area contributed by atoms with Crippen LogP contribution >= 0.6 is 23.4 Å². The highest BCUT2D eigenvalue weighted by Crippen LogP contribution is 2.35. The van der Waals surface area contributed by atoms with Crippen molar-refractivity contribution >= 4 is 46.3 Å². The molecule has 0 saturated carbocycles. The fraction of sp³-hybridized carbons (Fsp3) is 0.0526. The molecule has 1 aliphatic heterocycles. The van der Waals surface area contributed by atoms with Crippen LogP contribution in [0.3, 0.4) is 0 Å². The van der Waals surface area contributed by atoms with E-state index in [1.165, 1.54) is 4.90 Å². The van der Waals surface area contributed by atoms with Crippen molar-refractivity contribution < 1.29 is 9.59 Å². The molecule has 1 fully saturated rings. The molecule has 3 rings (SSSR count). The first kappa shape index (κ1) is 16.6. The van der Waals surface area contributed by atoms with Gasteiger partial charge >= 0.3 is 0 Å². The lowest BCUT2D eigenvalue weighted by molar-refractivity contribution is -0.113. The zero-order chi connectivity index (χ0) is 17.1. The molecule has 0 aliphatic carbocycles. The lowest BCUT2D eigenvalue weighted by atomic mass is 10.1. The molecule has 0 unspecified atom stereocenters. The largest absolute Gasteiger partial charge is 0.298 e. The average Bonchev–Trinajstić information content (AvgIpc) is 2.83. The van der Waals surface area contributed by atoms with Gasteiger partial charge in [0.05, 0.1) is 10.6 Å². The van der Waals surface area contributed by atoms with E-state index in [0.717, 1.165) is 22.9 Å². The van der Waals surface area contributed by atoms with Gasteiger partial charge in [0.1, 0.15) is 0 Å². The molecule has 2 amide bonds. The van der Waals surface area contributed by atoms with E-state index in [1.807, 2.05) is 43.3 Å². The van der Waals surface area contributed by atoms with Gasteiger partial charge in [0, 0.05) is 5.02 Å². The Morgan fingerprint density at radius 2 is 1.71 bits per heavy atom. The number of rotatable bonds is 3. The molecule has 2 aromatic rings. The quantitative estimate of drug-likeness (QED) is 0.679. The van der Waals surface area contributed by atoms with Crippen molar-refractivity contribution in [1.82, 2.24) is 0 Å². The van der Waals surface area contributed by atoms with E-state index in [2.05, 4.69) is 0 Å². The summed E-state index contributed by atoms with van der Waals surface area (Å²) in [6, 6.07) is 16.5. The van der Waals surface area contributed by atoms with Crippen LogP contribution in [-0.4, -0.2) is 11.1 Å². The number of nitrogens with zero attached hydrogens (tertiary/aromatic N) is 1. The standard InChI is InChI=1S/C19H14ClNO2S/c1-13(11-14-5-3-2-4-6-14)12-17-18(22)21(19(23)24-17)16-9-7-15(20)8-10-16/h2-12H,1H3. The molecule has 0 atom stereocenters. The van der Waals surface area contributed by atoms with Gasteiger partial charge in [-0.3, -0.25) is 9.59 Å². The smallest absolute Gasteiger partial charge is 0.268 e. The van der Waals surface area contributed by atoms with Crippen LogP contribution in [0.15, 0.2) is 71.2 Å². The van der Waals surface area contributed by atoms with E-state index in [0.29, 0.717) is 15.6 Å². The zero-order valence-corrected chi connectivity index (χ0v) is 14.5. The van der Waals surface area contributed by atoms with Gasteiger partial charge in [-0.05, 0) is 60.2 Å². The lowest BCUT2D eigenvalue weighted by Crippen LogP contribution is -2.27. The van der Waals surface area contributed by atoms with Gasteiger partial charge in [-0.25, -0.2) is 4.90 Å². The normalized spacial score (nSPS) is 17.0. The minimum atomic E-state index is -0.312. The highest BCUT2D eigenvalue weighted by Gasteiger charge is 2.36. The molecule has 0 bridgehead atoms. The molecule has 120 valence electrons. The SMILES string of the molecule is CC(=Cc1ccccc1)C=C1SC(=O)N(c2ccc(Cl)cc2)C1=O. The Morgan fingerprint density at radius 1 is 1.04 bits per heavy atom. The number of thioether (sulfide) groups is 1. The second kappa shape index (κ2) is 7.07. The Bertz CT molecular complexity index is 841. The van der Waals surface area contributed by atoms with Crippen molar-refractivity contribution in [1.29, 1.82) is 0 Å². The van der Waals surface area contributed by atoms with E-state index >= 15 is 0 Å². The second-order valence-electron chi connectivity index (χ2n) is 5.29. The minimum Gasteiger partial charge on any atom is -0.268 e. The predicted molar refractivity (Wildman–Crippen MR) is 100 cm³/mol. The van der Waals surface area contributed by atoms with Gasteiger partial charge in [-0.1, -0.05) is 48.0 Å². The first-order valence-electron chi connectivity index (χ1n) is 7.31. The number of benzene rings is 2. The third-order valence-electron chi connectivity index (χ3n) is 3.43. The van der Waals surface area contributed by atoms with Crippen LogP contribution in [0.25, 0.3) is 6.08 Å². The molecule has 24 heavy (non-hydrogen) atoms. The molecule has 1 aliphatic rings. The molecule has 2 aromatic carbocycles. The zero-order valence-electron chi connectivity index (χ0n) is 12.9. The van der Waals surface area contributed by atoms with Crippen LogP contribution in [0.2, 0.25) is 5.02 Å². The molecular formula is C19H14ClNO2S. The molecule has 0 N–H and O–H groups in total. The fourth-order valence-electron chi connectivity index (χ4n) is 2.34. The maximum absolute atomic E-state index is 12.5. The van der Waals surface area contributed by atoms with Crippen LogP contribution in [-0.2, 0) is 4.79 Å². The summed E-state index contributed by atoms with van der Waals surface area (Å²) in [6.07, 6.45) is 3.71. The predicted octanol–water partition coefficient (Wildman–Crippen LogP) is 5.53. The number of halogens is 1. The highest BCUT2D eigenvalue weighted by molar-refractivity contribution is 8.18. The first-order chi connectivity index (χ1) is 11.5. The number of imide groups is 1. The average molecular weight is 356 g/mol. The van der Waals surface area contributed by atoms with Gasteiger partial charge in [0.15, 0.2) is 0 Å². The Kier molecular flexibility index (Phi) is 4.88. The number of carbonyl (C=O) groups is 2. The van der Waals surface area contributed by atoms with E-state index in [1.54, 1.807) is 30.3 Å². The third kappa shape index (κ3) is 3.61. The van der Waals surface area contributed by atoms with Crippen molar-refractivity contribution in [3.8, 4) is 0 Å². The van der Waals surface area contributed by atoms with Gasteiger partial charge in [-0.2, -0.15) is 0 Å². The maximum Gasteiger partial charge on any atom is 0.298 e. The Morgan fingerprint density at radius 3 is 2.38 bits per heavy atom. The summed E-state index contributed by atoms with van der Waals surface area (Å²) in [4.78, 5) is 26.3. The summed E-state index contributed by atoms with van der Waals surface area (Å²) in [5.74, 6) is -0.312. The molecule has 5 heteroatoms. The van der Waals surface area contributed by atoms with Gasteiger partial charge < -0.3 is 0 Å².